The lowest BCUT2D eigenvalue weighted by atomic mass is 9.80. The molecule has 1 fully saturated rings. The van der Waals surface area contributed by atoms with Gasteiger partial charge in [0.15, 0.2) is 0 Å². The van der Waals surface area contributed by atoms with E-state index in [0.29, 0.717) is 0 Å². The van der Waals surface area contributed by atoms with E-state index in [2.05, 4.69) is 0 Å². The zero-order chi connectivity index (χ0) is 6.41. The van der Waals surface area contributed by atoms with Crippen molar-refractivity contribution in [3.63, 3.8) is 0 Å². The molecule has 0 N–H and O–H groups in total. The van der Waals surface area contributed by atoms with Crippen LogP contribution in [0.15, 0.2) is 0 Å². The van der Waals surface area contributed by atoms with Gasteiger partial charge in [-0.25, -0.2) is 13.2 Å². The zero-order valence-corrected chi connectivity index (χ0v) is 4.55. The molecule has 0 nitrogen and oxygen atoms in total. The summed E-state index contributed by atoms with van der Waals surface area (Å²) in [6.07, 6.45) is -1.19. The second kappa shape index (κ2) is 1.20. The van der Waals surface area contributed by atoms with Crippen molar-refractivity contribution in [1.82, 2.24) is 0 Å². The van der Waals surface area contributed by atoms with Crippen LogP contribution in [0.2, 0.25) is 0 Å². The van der Waals surface area contributed by atoms with Crippen LogP contribution in [0.4, 0.5) is 13.2 Å². The fraction of sp³-hybridized carbons (Fsp3) is 1.00. The number of halogens is 3. The molecule has 0 aromatic carbocycles. The molecule has 0 aliphatic heterocycles. The second-order valence-corrected chi connectivity index (χ2v) is 2.62. The van der Waals surface area contributed by atoms with Crippen LogP contribution in [0.1, 0.15) is 19.8 Å². The van der Waals surface area contributed by atoms with Gasteiger partial charge in [0.1, 0.15) is 5.67 Å². The average molecular weight is 124 g/mol. The molecule has 0 aromatic rings. The highest BCUT2D eigenvalue weighted by Crippen LogP contribution is 2.47. The summed E-state index contributed by atoms with van der Waals surface area (Å²) in [4.78, 5) is 0. The Bertz CT molecular complexity index is 84.2. The number of rotatable bonds is 0. The number of alkyl halides is 3. The summed E-state index contributed by atoms with van der Waals surface area (Å²) in [5.74, 6) is -2.72. The van der Waals surface area contributed by atoms with Crippen molar-refractivity contribution in [2.24, 2.45) is 0 Å². The minimum absolute atomic E-state index is 0.597. The fourth-order valence-electron chi connectivity index (χ4n) is 1.03. The van der Waals surface area contributed by atoms with Crippen molar-refractivity contribution in [3.8, 4) is 0 Å². The Morgan fingerprint density at radius 2 is 1.50 bits per heavy atom. The van der Waals surface area contributed by atoms with Gasteiger partial charge in [0.25, 0.3) is 5.92 Å². The first-order valence-electron chi connectivity index (χ1n) is 2.48. The third-order valence-corrected chi connectivity index (χ3v) is 1.25. The lowest BCUT2D eigenvalue weighted by Crippen LogP contribution is -2.46. The van der Waals surface area contributed by atoms with Gasteiger partial charge in [-0.3, -0.25) is 0 Å². The van der Waals surface area contributed by atoms with Gasteiger partial charge < -0.3 is 0 Å². The minimum atomic E-state index is -2.72. The molecule has 1 rings (SSSR count). The molecule has 0 bridgehead atoms. The van der Waals surface area contributed by atoms with Crippen LogP contribution in [-0.2, 0) is 0 Å². The lowest BCUT2D eigenvalue weighted by Gasteiger charge is -2.37. The highest BCUT2D eigenvalue weighted by molar-refractivity contribution is 4.96. The van der Waals surface area contributed by atoms with Crippen molar-refractivity contribution >= 4 is 0 Å². The average Bonchev–Trinajstić information content (AvgIpc) is 1.20. The maximum absolute atomic E-state index is 12.2. The SMILES string of the molecule is CC1(F)CC(F)(F)C1. The van der Waals surface area contributed by atoms with E-state index in [4.69, 9.17) is 0 Å². The monoisotopic (exact) mass is 124 g/mol. The smallest absolute Gasteiger partial charge is 0.244 e. The topological polar surface area (TPSA) is 0 Å². The van der Waals surface area contributed by atoms with Gasteiger partial charge in [-0.2, -0.15) is 0 Å². The Morgan fingerprint density at radius 1 is 1.12 bits per heavy atom. The maximum Gasteiger partial charge on any atom is 0.254 e. The summed E-state index contributed by atoms with van der Waals surface area (Å²) in [5.41, 5.74) is -1.59. The van der Waals surface area contributed by atoms with E-state index in [-0.39, 0.29) is 0 Å². The van der Waals surface area contributed by atoms with Gasteiger partial charge in [0.2, 0.25) is 0 Å². The lowest BCUT2D eigenvalue weighted by molar-refractivity contribution is -0.161. The molecule has 0 atom stereocenters. The summed E-state index contributed by atoms with van der Waals surface area (Å²) < 4.78 is 35.8. The first kappa shape index (κ1) is 5.92. The molecular weight excluding hydrogens is 117 g/mol. The van der Waals surface area contributed by atoms with Gasteiger partial charge in [-0.15, -0.1) is 0 Å². The molecule has 1 aliphatic rings. The summed E-state index contributed by atoms with van der Waals surface area (Å²) in [5, 5.41) is 0. The van der Waals surface area contributed by atoms with Crippen LogP contribution >= 0.6 is 0 Å². The highest BCUT2D eigenvalue weighted by atomic mass is 19.3. The van der Waals surface area contributed by atoms with Crippen LogP contribution in [0, 0.1) is 0 Å². The van der Waals surface area contributed by atoms with E-state index in [1.165, 1.54) is 6.92 Å². The molecule has 0 aromatic heterocycles. The van der Waals surface area contributed by atoms with E-state index in [1.54, 1.807) is 0 Å². The summed E-state index contributed by atoms with van der Waals surface area (Å²) >= 11 is 0. The number of hydrogen-bond donors (Lipinski definition) is 0. The van der Waals surface area contributed by atoms with E-state index in [9.17, 15) is 13.2 Å². The quantitative estimate of drug-likeness (QED) is 0.464. The first-order chi connectivity index (χ1) is 3.41. The molecule has 0 unspecified atom stereocenters. The fourth-order valence-corrected chi connectivity index (χ4v) is 1.03. The predicted molar refractivity (Wildman–Crippen MR) is 23.7 cm³/mol. The van der Waals surface area contributed by atoms with Crippen LogP contribution in [0.25, 0.3) is 0 Å². The molecule has 0 spiro atoms. The van der Waals surface area contributed by atoms with E-state index >= 15 is 0 Å². The highest BCUT2D eigenvalue weighted by Gasteiger charge is 2.54. The van der Waals surface area contributed by atoms with Crippen molar-refractivity contribution in [1.29, 1.82) is 0 Å². The van der Waals surface area contributed by atoms with Crippen molar-refractivity contribution < 1.29 is 13.2 Å². The van der Waals surface area contributed by atoms with Gasteiger partial charge in [-0.1, -0.05) is 0 Å². The molecule has 0 heterocycles. The van der Waals surface area contributed by atoms with E-state index < -0.39 is 24.4 Å². The Hall–Kier alpha value is -0.210. The Balaban J connectivity index is 2.42. The Labute approximate surface area is 45.7 Å². The van der Waals surface area contributed by atoms with E-state index in [1.807, 2.05) is 0 Å². The molecule has 8 heavy (non-hydrogen) atoms. The Morgan fingerprint density at radius 3 is 1.50 bits per heavy atom. The standard InChI is InChI=1S/C5H7F3/c1-4(6)2-5(7,8)3-4/h2-3H2,1H3. The number of hydrogen-bond acceptors (Lipinski definition) is 0. The largest absolute Gasteiger partial charge is 0.254 e. The summed E-state index contributed by atoms with van der Waals surface area (Å²) in [7, 11) is 0. The third-order valence-electron chi connectivity index (χ3n) is 1.25. The third kappa shape index (κ3) is 0.956. The molecule has 0 saturated heterocycles. The van der Waals surface area contributed by atoms with Crippen LogP contribution < -0.4 is 0 Å². The maximum atomic E-state index is 12.2. The zero-order valence-electron chi connectivity index (χ0n) is 4.55. The summed E-state index contributed by atoms with van der Waals surface area (Å²) in [6.45, 7) is 1.20. The van der Waals surface area contributed by atoms with Gasteiger partial charge in [0.05, 0.1) is 0 Å². The second-order valence-electron chi connectivity index (χ2n) is 2.62. The normalized spacial score (nSPS) is 31.5. The van der Waals surface area contributed by atoms with Gasteiger partial charge in [-0.05, 0) is 6.92 Å². The van der Waals surface area contributed by atoms with Crippen molar-refractivity contribution in [3.05, 3.63) is 0 Å². The Kier molecular flexibility index (Phi) is 0.886. The van der Waals surface area contributed by atoms with Crippen LogP contribution in [0.5, 0.6) is 0 Å². The predicted octanol–water partition coefficient (Wildman–Crippen LogP) is 2.14. The van der Waals surface area contributed by atoms with Crippen LogP contribution in [-0.4, -0.2) is 11.6 Å². The summed E-state index contributed by atoms with van der Waals surface area (Å²) in [6, 6.07) is 0. The van der Waals surface area contributed by atoms with Crippen LogP contribution in [0.3, 0.4) is 0 Å². The molecule has 0 radical (unpaired) electrons. The van der Waals surface area contributed by atoms with Crippen molar-refractivity contribution in [2.45, 2.75) is 31.4 Å². The molecule has 1 saturated carbocycles. The molecule has 1 aliphatic carbocycles. The molecular formula is C5H7F3. The molecule has 3 heteroatoms. The minimum Gasteiger partial charge on any atom is -0.244 e. The van der Waals surface area contributed by atoms with E-state index in [0.717, 1.165) is 0 Å². The van der Waals surface area contributed by atoms with Gasteiger partial charge in [0, 0.05) is 12.8 Å². The van der Waals surface area contributed by atoms with Crippen molar-refractivity contribution in [2.75, 3.05) is 0 Å². The molecule has 48 valence electrons. The van der Waals surface area contributed by atoms with Gasteiger partial charge >= 0.3 is 0 Å². The first-order valence-corrected chi connectivity index (χ1v) is 2.48. The molecule has 0 amide bonds.